The van der Waals surface area contributed by atoms with E-state index in [4.69, 9.17) is 8.53 Å². The fourth-order valence-corrected chi connectivity index (χ4v) is 3.59. The molecule has 1 aliphatic heterocycles. The van der Waals surface area contributed by atoms with E-state index in [1.165, 1.54) is 0 Å². The molecule has 4 nitrogen and oxygen atoms in total. The molecule has 0 fully saturated rings. The van der Waals surface area contributed by atoms with Gasteiger partial charge in [0.25, 0.3) is 0 Å². The lowest BCUT2D eigenvalue weighted by Gasteiger charge is -2.29. The summed E-state index contributed by atoms with van der Waals surface area (Å²) in [7, 11) is 3.94. The Labute approximate surface area is 146 Å². The maximum atomic E-state index is 7.75. The monoisotopic (exact) mass is 321 g/mol. The first-order valence-electron chi connectivity index (χ1n) is 9.47. The highest BCUT2D eigenvalue weighted by Gasteiger charge is 2.39. The molecule has 0 spiro atoms. The Hall–Kier alpha value is -2.56. The lowest BCUT2D eigenvalue weighted by Crippen LogP contribution is -2.62. The van der Waals surface area contributed by atoms with E-state index in [9.17, 15) is 0 Å². The van der Waals surface area contributed by atoms with Crippen LogP contribution in [0.3, 0.4) is 0 Å². The lowest BCUT2D eigenvalue weighted by molar-refractivity contribution is -0.654. The number of anilines is 1. The fraction of sp³-hybridized carbons (Fsp3) is 0.263. The predicted octanol–water partition coefficient (Wildman–Crippen LogP) is 2.56. The molecule has 120 valence electrons. The number of hydrogen-bond acceptors (Lipinski definition) is 3. The molecule has 1 aliphatic rings. The number of fused-ring (bicyclic) bond motifs is 3. The van der Waals surface area contributed by atoms with Crippen molar-refractivity contribution in [1.82, 2.24) is 4.98 Å². The summed E-state index contributed by atoms with van der Waals surface area (Å²) in [6, 6.07) is 5.89. The topological polar surface area (TPSA) is 33.1 Å². The van der Waals surface area contributed by atoms with Crippen LogP contribution in [0.4, 0.5) is 5.69 Å². The van der Waals surface area contributed by atoms with Gasteiger partial charge in [0, 0.05) is 21.9 Å². The molecule has 0 atom stereocenters. The minimum absolute atomic E-state index is 0.0205. The number of allylic oxidation sites excluding steroid dienone is 1. The molecule has 0 radical (unpaired) electrons. The Bertz CT molecular complexity index is 1090. The van der Waals surface area contributed by atoms with Gasteiger partial charge in [0.15, 0.2) is 17.6 Å². The Morgan fingerprint density at radius 1 is 1.33 bits per heavy atom. The summed E-state index contributed by atoms with van der Waals surface area (Å²) >= 11 is 0. The SMILES string of the molecule is [2H]C([2H])([2H])c1c[n+](C)c(B2C(C)=Cc3oc4ncccc4c3N2C)cc1C. The zero-order valence-corrected chi connectivity index (χ0v) is 14.3. The molecule has 0 aromatic carbocycles. The second-order valence-corrected chi connectivity index (χ2v) is 6.48. The van der Waals surface area contributed by atoms with Crippen LogP contribution in [0, 0.1) is 13.8 Å². The van der Waals surface area contributed by atoms with Gasteiger partial charge in [-0.3, -0.25) is 0 Å². The highest BCUT2D eigenvalue weighted by molar-refractivity contribution is 6.83. The summed E-state index contributed by atoms with van der Waals surface area (Å²) in [5, 5.41) is 0.974. The number of furan rings is 1. The third kappa shape index (κ3) is 2.08. The van der Waals surface area contributed by atoms with Gasteiger partial charge in [-0.25, -0.2) is 9.55 Å². The number of aryl methyl sites for hydroxylation is 3. The molecule has 0 unspecified atom stereocenters. The van der Waals surface area contributed by atoms with Crippen molar-refractivity contribution in [3.63, 3.8) is 0 Å². The van der Waals surface area contributed by atoms with Gasteiger partial charge in [-0.05, 0) is 51.5 Å². The molecule has 0 saturated heterocycles. The molecule has 0 amide bonds. The second kappa shape index (κ2) is 5.23. The van der Waals surface area contributed by atoms with Crippen molar-refractivity contribution >= 4 is 35.3 Å². The normalized spacial score (nSPS) is 16.5. The summed E-state index contributed by atoms with van der Waals surface area (Å²) in [6.07, 6.45) is 5.50. The molecule has 24 heavy (non-hydrogen) atoms. The standard InChI is InChI=1S/C19H21BN3O/c1-12-9-17(22(4)11-13(12)2)20-14(3)10-16-18(23(20)5)15-7-6-8-21-19(15)24-16/h6-11H,1-5H3/q+1/i2D3. The van der Waals surface area contributed by atoms with Gasteiger partial charge in [-0.15, -0.1) is 0 Å². The minimum Gasteiger partial charge on any atom is -0.436 e. The van der Waals surface area contributed by atoms with Crippen molar-refractivity contribution in [2.75, 3.05) is 11.9 Å². The van der Waals surface area contributed by atoms with Crippen LogP contribution in [0.25, 0.3) is 17.2 Å². The highest BCUT2D eigenvalue weighted by atomic mass is 16.3. The van der Waals surface area contributed by atoms with E-state index in [0.717, 1.165) is 33.5 Å². The van der Waals surface area contributed by atoms with Gasteiger partial charge in [-0.2, -0.15) is 0 Å². The number of rotatable bonds is 1. The van der Waals surface area contributed by atoms with Crippen molar-refractivity contribution in [3.8, 4) is 0 Å². The van der Waals surface area contributed by atoms with Crippen LogP contribution in [-0.2, 0) is 7.05 Å². The van der Waals surface area contributed by atoms with Gasteiger partial charge < -0.3 is 9.23 Å². The van der Waals surface area contributed by atoms with Gasteiger partial charge in [-0.1, -0.05) is 5.47 Å². The Kier molecular flexibility index (Phi) is 2.59. The number of aromatic nitrogens is 2. The molecule has 0 bridgehead atoms. The average Bonchev–Trinajstić information content (AvgIpc) is 2.94. The van der Waals surface area contributed by atoms with E-state index < -0.39 is 6.85 Å². The second-order valence-electron chi connectivity index (χ2n) is 6.48. The first kappa shape index (κ1) is 11.9. The molecule has 4 heterocycles. The van der Waals surface area contributed by atoms with Crippen molar-refractivity contribution in [2.45, 2.75) is 20.7 Å². The lowest BCUT2D eigenvalue weighted by atomic mass is 9.49. The van der Waals surface area contributed by atoms with Crippen LogP contribution >= 0.6 is 0 Å². The Morgan fingerprint density at radius 3 is 2.96 bits per heavy atom. The van der Waals surface area contributed by atoms with Crippen molar-refractivity contribution in [2.24, 2.45) is 7.05 Å². The number of pyridine rings is 2. The number of hydrogen-bond donors (Lipinski definition) is 0. The largest absolute Gasteiger partial charge is 0.436 e. The van der Waals surface area contributed by atoms with Crippen LogP contribution < -0.4 is 15.0 Å². The highest BCUT2D eigenvalue weighted by Crippen LogP contribution is 2.37. The van der Waals surface area contributed by atoms with Crippen LogP contribution in [0.15, 0.2) is 40.5 Å². The van der Waals surface area contributed by atoms with Gasteiger partial charge >= 0.3 is 6.85 Å². The third-order valence-corrected chi connectivity index (χ3v) is 4.80. The molecule has 5 heteroatoms. The predicted molar refractivity (Wildman–Crippen MR) is 98.5 cm³/mol. The average molecular weight is 321 g/mol. The third-order valence-electron chi connectivity index (χ3n) is 4.80. The summed E-state index contributed by atoms with van der Waals surface area (Å²) in [5.41, 5.74) is 4.94. The zero-order valence-electron chi connectivity index (χ0n) is 17.3. The number of nitrogens with zero attached hydrogens (tertiary/aromatic N) is 3. The smallest absolute Gasteiger partial charge is 0.399 e. The van der Waals surface area contributed by atoms with Crippen LogP contribution in [-0.4, -0.2) is 18.9 Å². The quantitative estimate of drug-likeness (QED) is 0.510. The van der Waals surface area contributed by atoms with Crippen molar-refractivity contribution in [3.05, 3.63) is 53.0 Å². The van der Waals surface area contributed by atoms with Crippen LogP contribution in [0.2, 0.25) is 0 Å². The maximum absolute atomic E-state index is 7.75. The van der Waals surface area contributed by atoms with E-state index in [2.05, 4.69) is 22.8 Å². The molecule has 3 aromatic heterocycles. The molecule has 0 N–H and O–H groups in total. The van der Waals surface area contributed by atoms with Gasteiger partial charge in [0.2, 0.25) is 5.71 Å². The molecular weight excluding hydrogens is 297 g/mol. The van der Waals surface area contributed by atoms with Crippen molar-refractivity contribution < 1.29 is 13.1 Å². The Balaban J connectivity index is 1.87. The Morgan fingerprint density at radius 2 is 2.17 bits per heavy atom. The molecular formula is C19H21BN3O+. The van der Waals surface area contributed by atoms with E-state index >= 15 is 0 Å². The first-order valence-corrected chi connectivity index (χ1v) is 7.97. The van der Waals surface area contributed by atoms with E-state index in [1.54, 1.807) is 12.4 Å². The summed E-state index contributed by atoms with van der Waals surface area (Å²) in [5.74, 6) is 0.804. The molecule has 0 aliphatic carbocycles. The van der Waals surface area contributed by atoms with E-state index in [0.29, 0.717) is 11.3 Å². The van der Waals surface area contributed by atoms with Gasteiger partial charge in [0.1, 0.15) is 7.05 Å². The summed E-state index contributed by atoms with van der Waals surface area (Å²) in [6.45, 7) is 1.78. The molecule has 3 aromatic rings. The first-order chi connectivity index (χ1) is 12.7. The molecule has 4 rings (SSSR count). The zero-order chi connectivity index (χ0) is 19.5. The fourth-order valence-electron chi connectivity index (χ4n) is 3.59. The van der Waals surface area contributed by atoms with Crippen LogP contribution in [0.1, 0.15) is 27.9 Å². The maximum Gasteiger partial charge on any atom is 0.399 e. The van der Waals surface area contributed by atoms with Gasteiger partial charge in [0.05, 0.1) is 11.1 Å². The van der Waals surface area contributed by atoms with E-state index in [-0.39, 0.29) is 6.85 Å². The van der Waals surface area contributed by atoms with Crippen LogP contribution in [0.5, 0.6) is 0 Å². The minimum atomic E-state index is -2.12. The van der Waals surface area contributed by atoms with Crippen molar-refractivity contribution in [1.29, 1.82) is 0 Å². The summed E-state index contributed by atoms with van der Waals surface area (Å²) < 4.78 is 31.1. The molecule has 0 saturated carbocycles. The summed E-state index contributed by atoms with van der Waals surface area (Å²) in [4.78, 5) is 6.51. The van der Waals surface area contributed by atoms with E-state index in [1.807, 2.05) is 43.8 Å².